The SMILES string of the molecule is Cc1c(-c2cc(N3CCN(C(=O)C4CCCCN4)CC3)ccc2Cl)nc2ccccn12. The Morgan fingerprint density at radius 3 is 2.71 bits per heavy atom. The Bertz CT molecular complexity index is 1100. The highest BCUT2D eigenvalue weighted by Crippen LogP contribution is 2.34. The number of carbonyl (C=O) groups excluding carboxylic acids is 1. The normalized spacial score (nSPS) is 19.7. The minimum absolute atomic E-state index is 0.000424. The maximum atomic E-state index is 12.8. The summed E-state index contributed by atoms with van der Waals surface area (Å²) < 4.78 is 2.09. The lowest BCUT2D eigenvalue weighted by atomic mass is 10.0. The van der Waals surface area contributed by atoms with Gasteiger partial charge < -0.3 is 19.5 Å². The highest BCUT2D eigenvalue weighted by Gasteiger charge is 2.28. The molecule has 1 aromatic carbocycles. The number of imidazole rings is 1. The number of piperidine rings is 1. The fourth-order valence-electron chi connectivity index (χ4n) is 4.73. The van der Waals surface area contributed by atoms with E-state index in [1.165, 1.54) is 6.42 Å². The standard InChI is InChI=1S/C24H28ClN5O/c1-17-23(27-22-7-3-5-11-30(17)22)19-16-18(8-9-20(19)25)28-12-14-29(15-13-28)24(31)21-6-2-4-10-26-21/h3,5,7-9,11,16,21,26H,2,4,6,10,12-15H2,1H3. The summed E-state index contributed by atoms with van der Waals surface area (Å²) in [6.07, 6.45) is 5.29. The largest absolute Gasteiger partial charge is 0.368 e. The molecule has 2 saturated heterocycles. The summed E-state index contributed by atoms with van der Waals surface area (Å²) in [5, 5.41) is 4.08. The Hall–Kier alpha value is -2.57. The van der Waals surface area contributed by atoms with Gasteiger partial charge in [-0.05, 0) is 56.6 Å². The highest BCUT2D eigenvalue weighted by molar-refractivity contribution is 6.33. The third-order valence-electron chi connectivity index (χ3n) is 6.54. The van der Waals surface area contributed by atoms with Gasteiger partial charge in [0.15, 0.2) is 0 Å². The molecule has 7 heteroatoms. The van der Waals surface area contributed by atoms with Crippen LogP contribution in [-0.4, -0.2) is 59.0 Å². The van der Waals surface area contributed by atoms with E-state index in [4.69, 9.17) is 16.6 Å². The maximum Gasteiger partial charge on any atom is 0.239 e. The van der Waals surface area contributed by atoms with Gasteiger partial charge in [0.1, 0.15) is 5.65 Å². The van der Waals surface area contributed by atoms with Gasteiger partial charge in [-0.15, -0.1) is 0 Å². The van der Waals surface area contributed by atoms with Crippen LogP contribution in [0.2, 0.25) is 5.02 Å². The number of nitrogens with zero attached hydrogens (tertiary/aromatic N) is 4. The van der Waals surface area contributed by atoms with E-state index in [0.717, 1.165) is 73.9 Å². The molecule has 5 rings (SSSR count). The summed E-state index contributed by atoms with van der Waals surface area (Å²) in [6.45, 7) is 6.17. The smallest absolute Gasteiger partial charge is 0.239 e. The van der Waals surface area contributed by atoms with E-state index >= 15 is 0 Å². The molecule has 2 aromatic heterocycles. The topological polar surface area (TPSA) is 52.9 Å². The van der Waals surface area contributed by atoms with E-state index in [2.05, 4.69) is 33.7 Å². The van der Waals surface area contributed by atoms with Crippen LogP contribution in [0.15, 0.2) is 42.6 Å². The summed E-state index contributed by atoms with van der Waals surface area (Å²) in [5.41, 5.74) is 4.98. The molecule has 0 radical (unpaired) electrons. The van der Waals surface area contributed by atoms with Gasteiger partial charge in [0.25, 0.3) is 0 Å². The number of amides is 1. The maximum absolute atomic E-state index is 12.8. The van der Waals surface area contributed by atoms with Crippen molar-refractivity contribution in [3.63, 3.8) is 0 Å². The lowest BCUT2D eigenvalue weighted by Gasteiger charge is -2.38. The van der Waals surface area contributed by atoms with Crippen molar-refractivity contribution in [2.75, 3.05) is 37.6 Å². The van der Waals surface area contributed by atoms with Crippen LogP contribution in [0.3, 0.4) is 0 Å². The number of carbonyl (C=O) groups is 1. The lowest BCUT2D eigenvalue weighted by molar-refractivity contribution is -0.134. The van der Waals surface area contributed by atoms with Gasteiger partial charge in [-0.3, -0.25) is 4.79 Å². The van der Waals surface area contributed by atoms with Gasteiger partial charge >= 0.3 is 0 Å². The molecule has 31 heavy (non-hydrogen) atoms. The fourth-order valence-corrected chi connectivity index (χ4v) is 4.94. The van der Waals surface area contributed by atoms with Crippen molar-refractivity contribution in [1.29, 1.82) is 0 Å². The quantitative estimate of drug-likeness (QED) is 0.678. The van der Waals surface area contributed by atoms with Gasteiger partial charge in [0.2, 0.25) is 5.91 Å². The van der Waals surface area contributed by atoms with Crippen molar-refractivity contribution in [1.82, 2.24) is 19.6 Å². The van der Waals surface area contributed by atoms with Gasteiger partial charge in [-0.1, -0.05) is 24.1 Å². The van der Waals surface area contributed by atoms with E-state index in [1.807, 2.05) is 35.4 Å². The highest BCUT2D eigenvalue weighted by atomic mass is 35.5. The lowest BCUT2D eigenvalue weighted by Crippen LogP contribution is -2.55. The van der Waals surface area contributed by atoms with Crippen molar-refractivity contribution < 1.29 is 4.79 Å². The van der Waals surface area contributed by atoms with Crippen molar-refractivity contribution in [2.45, 2.75) is 32.2 Å². The fraction of sp³-hybridized carbons (Fsp3) is 0.417. The second-order valence-electron chi connectivity index (χ2n) is 8.45. The summed E-state index contributed by atoms with van der Waals surface area (Å²) in [7, 11) is 0. The van der Waals surface area contributed by atoms with Crippen LogP contribution in [0.4, 0.5) is 5.69 Å². The van der Waals surface area contributed by atoms with Crippen molar-refractivity contribution in [3.8, 4) is 11.3 Å². The van der Waals surface area contributed by atoms with Crippen LogP contribution in [0.1, 0.15) is 25.0 Å². The first-order chi connectivity index (χ1) is 15.1. The molecule has 1 unspecified atom stereocenters. The number of hydrogen-bond donors (Lipinski definition) is 1. The van der Waals surface area contributed by atoms with E-state index in [-0.39, 0.29) is 11.9 Å². The number of halogens is 1. The van der Waals surface area contributed by atoms with E-state index < -0.39 is 0 Å². The van der Waals surface area contributed by atoms with Crippen LogP contribution < -0.4 is 10.2 Å². The predicted molar refractivity (Wildman–Crippen MR) is 125 cm³/mol. The molecule has 0 spiro atoms. The molecule has 162 valence electrons. The summed E-state index contributed by atoms with van der Waals surface area (Å²) in [6, 6.07) is 12.2. The average Bonchev–Trinajstić information content (AvgIpc) is 3.16. The van der Waals surface area contributed by atoms with Crippen LogP contribution in [-0.2, 0) is 4.79 Å². The molecule has 1 amide bonds. The molecule has 0 aliphatic carbocycles. The second kappa shape index (κ2) is 8.52. The Labute approximate surface area is 187 Å². The number of hydrogen-bond acceptors (Lipinski definition) is 4. The Morgan fingerprint density at radius 2 is 1.97 bits per heavy atom. The predicted octanol–water partition coefficient (Wildman–Crippen LogP) is 3.75. The van der Waals surface area contributed by atoms with E-state index in [9.17, 15) is 4.79 Å². The van der Waals surface area contributed by atoms with Crippen LogP contribution >= 0.6 is 11.6 Å². The van der Waals surface area contributed by atoms with Gasteiger partial charge in [0, 0.05) is 49.3 Å². The third-order valence-corrected chi connectivity index (χ3v) is 6.87. The number of pyridine rings is 1. The summed E-state index contributed by atoms with van der Waals surface area (Å²) in [4.78, 5) is 22.0. The first-order valence-corrected chi connectivity index (χ1v) is 11.5. The number of rotatable bonds is 3. The summed E-state index contributed by atoms with van der Waals surface area (Å²) >= 11 is 6.59. The van der Waals surface area contributed by atoms with E-state index in [1.54, 1.807) is 0 Å². The average molecular weight is 438 g/mol. The molecule has 1 atom stereocenters. The molecule has 4 heterocycles. The first kappa shape index (κ1) is 20.3. The Morgan fingerprint density at radius 1 is 1.13 bits per heavy atom. The monoisotopic (exact) mass is 437 g/mol. The second-order valence-corrected chi connectivity index (χ2v) is 8.86. The molecule has 0 saturated carbocycles. The van der Waals surface area contributed by atoms with Crippen molar-refractivity contribution in [3.05, 3.63) is 53.3 Å². The first-order valence-electron chi connectivity index (χ1n) is 11.1. The third kappa shape index (κ3) is 3.90. The van der Waals surface area contributed by atoms with Crippen LogP contribution in [0, 0.1) is 6.92 Å². The molecule has 2 aliphatic heterocycles. The number of anilines is 1. The van der Waals surface area contributed by atoms with Crippen molar-refractivity contribution in [2.24, 2.45) is 0 Å². The molecular formula is C24H28ClN5O. The Balaban J connectivity index is 1.34. The summed E-state index contributed by atoms with van der Waals surface area (Å²) in [5.74, 6) is 0.261. The molecule has 2 fully saturated rings. The zero-order valence-corrected chi connectivity index (χ0v) is 18.6. The minimum atomic E-state index is 0.000424. The minimum Gasteiger partial charge on any atom is -0.368 e. The van der Waals surface area contributed by atoms with Gasteiger partial charge in [-0.25, -0.2) is 4.98 Å². The van der Waals surface area contributed by atoms with Crippen molar-refractivity contribution >= 4 is 28.8 Å². The number of nitrogens with one attached hydrogen (secondary N) is 1. The molecule has 6 nitrogen and oxygen atoms in total. The molecule has 0 bridgehead atoms. The van der Waals surface area contributed by atoms with Crippen LogP contribution in [0.5, 0.6) is 0 Å². The van der Waals surface area contributed by atoms with Gasteiger partial charge in [-0.2, -0.15) is 0 Å². The van der Waals surface area contributed by atoms with E-state index in [0.29, 0.717) is 5.02 Å². The number of piperazine rings is 1. The Kier molecular flexibility index (Phi) is 5.59. The van der Waals surface area contributed by atoms with Gasteiger partial charge in [0.05, 0.1) is 16.8 Å². The molecule has 1 N–H and O–H groups in total. The number of fused-ring (bicyclic) bond motifs is 1. The number of aromatic nitrogens is 2. The number of benzene rings is 1. The zero-order chi connectivity index (χ0) is 21.4. The number of aryl methyl sites for hydroxylation is 1. The molecular weight excluding hydrogens is 410 g/mol. The molecule has 2 aliphatic rings. The molecule has 3 aromatic rings. The van der Waals surface area contributed by atoms with Crippen LogP contribution in [0.25, 0.3) is 16.9 Å². The zero-order valence-electron chi connectivity index (χ0n) is 17.9.